The number of fused-ring (bicyclic) bond motifs is 2. The molecule has 12 heteroatoms. The second kappa shape index (κ2) is 17.9. The first kappa shape index (κ1) is 39.7. The number of hydrogen-bond acceptors (Lipinski definition) is 8. The predicted molar refractivity (Wildman–Crippen MR) is 207 cm³/mol. The first-order valence-electron chi connectivity index (χ1n) is 17.8. The van der Waals surface area contributed by atoms with Crippen molar-refractivity contribution in [1.29, 1.82) is 0 Å². The highest BCUT2D eigenvalue weighted by molar-refractivity contribution is 6.04. The molecule has 52 heavy (non-hydrogen) atoms. The smallest absolute Gasteiger partial charge is 0.320 e. The average Bonchev–Trinajstić information content (AvgIpc) is 3.09. The highest BCUT2D eigenvalue weighted by Crippen LogP contribution is 2.45. The minimum atomic E-state index is -1.07. The second-order valence-corrected chi connectivity index (χ2v) is 13.7. The molecule has 1 unspecified atom stereocenters. The van der Waals surface area contributed by atoms with Gasteiger partial charge in [0.05, 0.1) is 19.7 Å². The van der Waals surface area contributed by atoms with Gasteiger partial charge in [-0.1, -0.05) is 0 Å². The fraction of sp³-hybridized carbons (Fsp3) is 0.450. The molecule has 1 heterocycles. The summed E-state index contributed by atoms with van der Waals surface area (Å²) in [6, 6.07) is 16.0. The number of nitrogens with zero attached hydrogens (tertiary/aromatic N) is 4. The van der Waals surface area contributed by atoms with Gasteiger partial charge >= 0.3 is 11.9 Å². The Balaban J connectivity index is 1.49. The number of methoxy groups -OCH3 is 1. The monoisotopic (exact) mass is 716 g/mol. The third-order valence-corrected chi connectivity index (χ3v) is 9.49. The number of ether oxygens (including phenoxy) is 1. The molecule has 1 atom stereocenters. The molecule has 2 aliphatic rings. The van der Waals surface area contributed by atoms with E-state index in [9.17, 15) is 19.5 Å². The molecule has 1 aliphatic heterocycles. The van der Waals surface area contributed by atoms with E-state index in [0.717, 1.165) is 68.0 Å². The molecule has 0 aromatic heterocycles. The number of carboxylic acid groups (broad SMARTS) is 2. The van der Waals surface area contributed by atoms with Crippen molar-refractivity contribution in [3.63, 3.8) is 0 Å². The molecule has 3 N–H and O–H groups in total. The van der Waals surface area contributed by atoms with Crippen LogP contribution in [0.3, 0.4) is 0 Å². The van der Waals surface area contributed by atoms with Crippen LogP contribution in [-0.4, -0.2) is 108 Å². The molecule has 4 rings (SSSR count). The summed E-state index contributed by atoms with van der Waals surface area (Å²) < 4.78 is 14.7. The van der Waals surface area contributed by atoms with Gasteiger partial charge in [0, 0.05) is 91.8 Å². The van der Waals surface area contributed by atoms with E-state index >= 15 is 0 Å². The first-order chi connectivity index (χ1) is 24.7. The van der Waals surface area contributed by atoms with Crippen LogP contribution < -0.4 is 29.8 Å². The molecule has 2 aromatic carbocycles. The van der Waals surface area contributed by atoms with Gasteiger partial charge in [-0.25, -0.2) is 4.58 Å². The third-order valence-electron chi connectivity index (χ3n) is 9.49. The molecule has 1 aliphatic carbocycles. The number of carboxylic acids is 2. The molecular weight excluding hydrogens is 662 g/mol. The zero-order chi connectivity index (χ0) is 38.1. The van der Waals surface area contributed by atoms with Crippen molar-refractivity contribution in [2.45, 2.75) is 52.0 Å². The van der Waals surface area contributed by atoms with Gasteiger partial charge in [-0.15, -0.1) is 0 Å². The minimum Gasteiger partial charge on any atom is -0.496 e. The number of carbonyl (C=O) groups excluding carboxylic acids is 1. The van der Waals surface area contributed by atoms with Gasteiger partial charge in [-0.05, 0) is 76.4 Å². The van der Waals surface area contributed by atoms with Gasteiger partial charge in [-0.2, -0.15) is 0 Å². The molecule has 0 saturated heterocycles. The maximum Gasteiger partial charge on any atom is 0.320 e. The Morgan fingerprint density at radius 3 is 2.35 bits per heavy atom. The number of likely N-dealkylation sites (N-methyl/N-ethyl adjacent to an activating group) is 1. The van der Waals surface area contributed by atoms with Gasteiger partial charge in [0.25, 0.3) is 0 Å². The molecule has 2 aromatic rings. The summed E-state index contributed by atoms with van der Waals surface area (Å²) in [4.78, 5) is 40.8. The topological polar surface area (TPSA) is 139 Å². The fourth-order valence-corrected chi connectivity index (χ4v) is 6.61. The van der Waals surface area contributed by atoms with Crippen LogP contribution in [0.1, 0.15) is 44.6 Å². The largest absolute Gasteiger partial charge is 0.496 e. The lowest BCUT2D eigenvalue weighted by Gasteiger charge is -2.27. The van der Waals surface area contributed by atoms with Gasteiger partial charge < -0.3 is 34.5 Å². The third kappa shape index (κ3) is 9.61. The van der Waals surface area contributed by atoms with Gasteiger partial charge in [0.1, 0.15) is 37.2 Å². The molecular formula is C40H54N5O7+. The van der Waals surface area contributed by atoms with Crippen molar-refractivity contribution < 1.29 is 33.8 Å². The molecule has 280 valence electrons. The Morgan fingerprint density at radius 1 is 0.962 bits per heavy atom. The number of hydrogen-bond donors (Lipinski definition) is 3. The van der Waals surface area contributed by atoms with E-state index in [4.69, 9.17) is 14.3 Å². The van der Waals surface area contributed by atoms with Gasteiger partial charge in [-0.3, -0.25) is 19.3 Å². The van der Waals surface area contributed by atoms with Crippen molar-refractivity contribution in [3.05, 3.63) is 59.5 Å². The number of amides is 1. The summed E-state index contributed by atoms with van der Waals surface area (Å²) in [6.45, 7) is 5.73. The number of carbonyl (C=O) groups is 3. The number of rotatable bonds is 18. The summed E-state index contributed by atoms with van der Waals surface area (Å²) in [6.07, 6.45) is 2.49. The normalized spacial score (nSPS) is 11.9. The zero-order valence-electron chi connectivity index (χ0n) is 31.8. The Hall–Kier alpha value is -5.10. The molecule has 0 spiro atoms. The van der Waals surface area contributed by atoms with Crippen molar-refractivity contribution >= 4 is 40.2 Å². The van der Waals surface area contributed by atoms with Crippen LogP contribution >= 0.6 is 0 Å². The molecule has 1 amide bonds. The Labute approximate surface area is 306 Å². The summed E-state index contributed by atoms with van der Waals surface area (Å²) >= 11 is 0. The van der Waals surface area contributed by atoms with Crippen LogP contribution in [-0.2, 0) is 14.4 Å². The Kier molecular flexibility index (Phi) is 13.7. The van der Waals surface area contributed by atoms with Crippen LogP contribution in [0.25, 0.3) is 33.4 Å². The van der Waals surface area contributed by atoms with Crippen molar-refractivity contribution in [1.82, 2.24) is 14.8 Å². The first-order valence-corrected chi connectivity index (χ1v) is 17.8. The van der Waals surface area contributed by atoms with Gasteiger partial charge in [0.2, 0.25) is 11.3 Å². The number of nitrogens with one attached hydrogen (secondary N) is 1. The number of aliphatic carboxylic acids is 2. The number of unbranched alkanes of at least 4 members (excludes halogenated alkanes) is 1. The second-order valence-electron chi connectivity index (χ2n) is 13.7. The Morgan fingerprint density at radius 2 is 1.71 bits per heavy atom. The lowest BCUT2D eigenvalue weighted by atomic mass is 9.91. The van der Waals surface area contributed by atoms with Gasteiger partial charge in [0.15, 0.2) is 0 Å². The van der Waals surface area contributed by atoms with Crippen LogP contribution in [0.4, 0.5) is 11.4 Å². The number of benzene rings is 3. The Bertz CT molecular complexity index is 1930. The van der Waals surface area contributed by atoms with E-state index in [1.54, 1.807) is 7.11 Å². The van der Waals surface area contributed by atoms with E-state index in [0.29, 0.717) is 45.2 Å². The highest BCUT2D eigenvalue weighted by Gasteiger charge is 2.25. The summed E-state index contributed by atoms with van der Waals surface area (Å²) in [5.74, 6) is -0.640. The average molecular weight is 717 g/mol. The minimum absolute atomic E-state index is 0.0541. The molecule has 12 nitrogen and oxygen atoms in total. The lowest BCUT2D eigenvalue weighted by molar-refractivity contribution is -0.145. The number of aryl methyl sites for hydroxylation is 1. The molecule has 0 bridgehead atoms. The van der Waals surface area contributed by atoms with E-state index in [1.807, 2.05) is 28.2 Å². The maximum absolute atomic E-state index is 12.7. The van der Waals surface area contributed by atoms with Crippen molar-refractivity contribution in [2.24, 2.45) is 0 Å². The molecule has 0 fully saturated rings. The standard InChI is InChI=1S/C40H53N5O7/c1-9-45(20-12-14-37(46)41-19-11-10-13-32(40(49)50)44(7)25-38(47)48)33-24-34(51-8)31(21-26(33)2)39-29-17-15-27(42(3)4)22-35(29)52-36-23-28(43(5)6)16-18-30(36)39/h15-18,21-24,32H,9-14,19-20,25H2,1-8H3,(H2-,41,46,47,48,49,50)/p+1. The van der Waals surface area contributed by atoms with E-state index in [2.05, 4.69) is 82.1 Å². The lowest BCUT2D eigenvalue weighted by Crippen LogP contribution is -2.41. The highest BCUT2D eigenvalue weighted by atomic mass is 16.5. The molecule has 0 radical (unpaired) electrons. The van der Waals surface area contributed by atoms with Crippen LogP contribution in [0.2, 0.25) is 0 Å². The SMILES string of the molecule is CCN(CCCC(=O)NCCCCC(C(=O)O)N(C)CC(=O)O)c1cc(OC)c(-c2c3ccc(=[N+](C)C)cc-3oc3cc(N(C)C)ccc23)cc1C. The van der Waals surface area contributed by atoms with Crippen molar-refractivity contribution in [3.8, 4) is 28.2 Å². The van der Waals surface area contributed by atoms with Crippen LogP contribution in [0, 0.1) is 6.92 Å². The quantitative estimate of drug-likeness (QED) is 0.0734. The van der Waals surface area contributed by atoms with Crippen LogP contribution in [0.15, 0.2) is 52.9 Å². The summed E-state index contributed by atoms with van der Waals surface area (Å²) in [5.41, 5.74) is 6.98. The van der Waals surface area contributed by atoms with Crippen molar-refractivity contribution in [2.75, 3.05) is 78.3 Å². The van der Waals surface area contributed by atoms with E-state index in [-0.39, 0.29) is 12.5 Å². The zero-order valence-corrected chi connectivity index (χ0v) is 31.8. The summed E-state index contributed by atoms with van der Waals surface area (Å²) in [5, 5.41) is 23.4. The van der Waals surface area contributed by atoms with Crippen LogP contribution in [0.5, 0.6) is 5.75 Å². The van der Waals surface area contributed by atoms with E-state index < -0.39 is 18.0 Å². The molecule has 0 saturated carbocycles. The predicted octanol–water partition coefficient (Wildman–Crippen LogP) is 4.98. The summed E-state index contributed by atoms with van der Waals surface area (Å²) in [7, 11) is 11.2. The fourth-order valence-electron chi connectivity index (χ4n) is 6.61. The maximum atomic E-state index is 12.7. The van der Waals surface area contributed by atoms with E-state index in [1.165, 1.54) is 11.9 Å². The number of anilines is 2.